The fourth-order valence-electron chi connectivity index (χ4n) is 4.26. The third kappa shape index (κ3) is 2.75. The Morgan fingerprint density at radius 3 is 2.37 bits per heavy atom. The van der Waals surface area contributed by atoms with Gasteiger partial charge in [0.05, 0.1) is 13.2 Å². The second-order valence-corrected chi connectivity index (χ2v) is 7.60. The molecule has 0 atom stereocenters. The van der Waals surface area contributed by atoms with Gasteiger partial charge in [-0.2, -0.15) is 0 Å². The van der Waals surface area contributed by atoms with Crippen LogP contribution in [0.25, 0.3) is 0 Å². The first kappa shape index (κ1) is 16.8. The average Bonchev–Trinajstić information content (AvgIpc) is 3.03. The van der Waals surface area contributed by atoms with Crippen LogP contribution in [-0.4, -0.2) is 58.9 Å². The first-order valence-corrected chi connectivity index (χ1v) is 9.83. The van der Waals surface area contributed by atoms with Crippen LogP contribution >= 0.6 is 0 Å². The third-order valence-electron chi connectivity index (χ3n) is 6.06. The van der Waals surface area contributed by atoms with E-state index in [0.717, 1.165) is 51.5 Å². The lowest BCUT2D eigenvalue weighted by molar-refractivity contribution is 0.0361. The second-order valence-electron chi connectivity index (χ2n) is 7.60. The Hall–Kier alpha value is -2.31. The molecule has 140 valence electrons. The highest BCUT2D eigenvalue weighted by molar-refractivity contribution is 6.27. The Morgan fingerprint density at radius 1 is 1.00 bits per heavy atom. The predicted octanol–water partition coefficient (Wildman–Crippen LogP) is 2.26. The molecule has 2 heterocycles. The predicted molar refractivity (Wildman–Crippen MR) is 99.4 cm³/mol. The molecule has 0 bridgehead atoms. The molecule has 0 spiro atoms. The van der Waals surface area contributed by atoms with E-state index in [2.05, 4.69) is 4.90 Å². The van der Waals surface area contributed by atoms with Gasteiger partial charge in [0.15, 0.2) is 0 Å². The van der Waals surface area contributed by atoms with Crippen LogP contribution in [0.5, 0.6) is 0 Å². The molecule has 1 aromatic carbocycles. The number of imidazole rings is 1. The van der Waals surface area contributed by atoms with Crippen molar-refractivity contribution < 1.29 is 14.3 Å². The van der Waals surface area contributed by atoms with E-state index in [0.29, 0.717) is 35.0 Å². The number of ketones is 2. The number of carbonyl (C=O) groups excluding carboxylic acids is 2. The van der Waals surface area contributed by atoms with Crippen LogP contribution in [0.15, 0.2) is 24.3 Å². The number of hydrogen-bond acceptors (Lipinski definition) is 5. The van der Waals surface area contributed by atoms with Crippen molar-refractivity contribution in [1.29, 1.82) is 0 Å². The van der Waals surface area contributed by atoms with Gasteiger partial charge in [-0.15, -0.1) is 0 Å². The molecular formula is C21H23N3O3. The summed E-state index contributed by atoms with van der Waals surface area (Å²) >= 11 is 0. The van der Waals surface area contributed by atoms with Gasteiger partial charge in [0.1, 0.15) is 17.2 Å². The largest absolute Gasteiger partial charge is 0.379 e. The maximum Gasteiger partial charge on any atom is 0.214 e. The zero-order valence-electron chi connectivity index (χ0n) is 15.3. The Bertz CT molecular complexity index is 907. The van der Waals surface area contributed by atoms with E-state index in [9.17, 15) is 9.59 Å². The van der Waals surface area contributed by atoms with Gasteiger partial charge < -0.3 is 9.30 Å². The molecule has 6 nitrogen and oxygen atoms in total. The molecule has 2 fully saturated rings. The molecule has 1 aromatic heterocycles. The van der Waals surface area contributed by atoms with Crippen molar-refractivity contribution in [3.05, 3.63) is 52.6 Å². The third-order valence-corrected chi connectivity index (χ3v) is 6.06. The number of aromatic nitrogens is 2. The number of benzene rings is 1. The zero-order chi connectivity index (χ0) is 18.4. The minimum absolute atomic E-state index is 0.0692. The Labute approximate surface area is 158 Å². The minimum atomic E-state index is -0.120. The van der Waals surface area contributed by atoms with E-state index < -0.39 is 0 Å². The quantitative estimate of drug-likeness (QED) is 0.710. The van der Waals surface area contributed by atoms with Crippen LogP contribution < -0.4 is 0 Å². The SMILES string of the molecule is O=C1c2ccccc2C(=O)c2c1nc(C1CCC1)n2CCN1CCOCC1. The first-order valence-electron chi connectivity index (χ1n) is 9.83. The highest BCUT2D eigenvalue weighted by atomic mass is 16.5. The second kappa shape index (κ2) is 6.69. The zero-order valence-corrected chi connectivity index (χ0v) is 15.3. The summed E-state index contributed by atoms with van der Waals surface area (Å²) in [5.41, 5.74) is 1.83. The summed E-state index contributed by atoms with van der Waals surface area (Å²) in [6.07, 6.45) is 3.36. The summed E-state index contributed by atoms with van der Waals surface area (Å²) in [4.78, 5) is 33.3. The summed E-state index contributed by atoms with van der Waals surface area (Å²) in [5.74, 6) is 1.10. The molecule has 0 radical (unpaired) electrons. The maximum atomic E-state index is 13.2. The van der Waals surface area contributed by atoms with Gasteiger partial charge in [0, 0.05) is 43.2 Å². The van der Waals surface area contributed by atoms with Crippen molar-refractivity contribution in [2.75, 3.05) is 32.8 Å². The van der Waals surface area contributed by atoms with E-state index >= 15 is 0 Å². The van der Waals surface area contributed by atoms with Gasteiger partial charge in [-0.1, -0.05) is 30.7 Å². The number of ether oxygens (including phenoxy) is 1. The van der Waals surface area contributed by atoms with Crippen LogP contribution in [-0.2, 0) is 11.3 Å². The number of morpholine rings is 1. The highest BCUT2D eigenvalue weighted by Gasteiger charge is 2.38. The number of rotatable bonds is 4. The summed E-state index contributed by atoms with van der Waals surface area (Å²) in [5, 5.41) is 0. The van der Waals surface area contributed by atoms with E-state index in [-0.39, 0.29) is 11.6 Å². The highest BCUT2D eigenvalue weighted by Crippen LogP contribution is 2.38. The summed E-state index contributed by atoms with van der Waals surface area (Å²) < 4.78 is 7.47. The van der Waals surface area contributed by atoms with Crippen LogP contribution in [0.4, 0.5) is 0 Å². The first-order chi connectivity index (χ1) is 13.2. The molecule has 0 amide bonds. The van der Waals surface area contributed by atoms with E-state index in [1.165, 1.54) is 6.42 Å². The fraction of sp³-hybridized carbons (Fsp3) is 0.476. The normalized spacial score (nSPS) is 20.3. The standard InChI is InChI=1S/C21H23N3O3/c25-19-15-6-1-2-7-16(15)20(26)18-17(19)22-21(14-4-3-5-14)24(18)9-8-23-10-12-27-13-11-23/h1-2,6-7,14H,3-5,8-13H2. The summed E-state index contributed by atoms with van der Waals surface area (Å²) in [6, 6.07) is 7.10. The Kier molecular flexibility index (Phi) is 4.17. The van der Waals surface area contributed by atoms with E-state index in [1.807, 2.05) is 10.6 Å². The van der Waals surface area contributed by atoms with Crippen molar-refractivity contribution in [1.82, 2.24) is 14.5 Å². The lowest BCUT2D eigenvalue weighted by atomic mass is 9.85. The fourth-order valence-corrected chi connectivity index (χ4v) is 4.26. The van der Waals surface area contributed by atoms with Gasteiger partial charge in [-0.25, -0.2) is 4.98 Å². The molecule has 0 unspecified atom stereocenters. The van der Waals surface area contributed by atoms with Crippen LogP contribution in [0.2, 0.25) is 0 Å². The maximum absolute atomic E-state index is 13.2. The van der Waals surface area contributed by atoms with Gasteiger partial charge in [-0.3, -0.25) is 14.5 Å². The molecule has 2 aromatic rings. The molecular weight excluding hydrogens is 342 g/mol. The summed E-state index contributed by atoms with van der Waals surface area (Å²) in [6.45, 7) is 4.85. The van der Waals surface area contributed by atoms with Crippen LogP contribution in [0.1, 0.15) is 63.1 Å². The minimum Gasteiger partial charge on any atom is -0.379 e. The van der Waals surface area contributed by atoms with Crippen molar-refractivity contribution in [3.8, 4) is 0 Å². The molecule has 1 saturated carbocycles. The van der Waals surface area contributed by atoms with E-state index in [1.54, 1.807) is 18.2 Å². The molecule has 6 heteroatoms. The van der Waals surface area contributed by atoms with Gasteiger partial charge in [-0.05, 0) is 12.8 Å². The van der Waals surface area contributed by atoms with Crippen molar-refractivity contribution in [2.24, 2.45) is 0 Å². The number of fused-ring (bicyclic) bond motifs is 2. The van der Waals surface area contributed by atoms with Crippen molar-refractivity contribution in [2.45, 2.75) is 31.7 Å². The number of hydrogen-bond donors (Lipinski definition) is 0. The topological polar surface area (TPSA) is 64.4 Å². The molecule has 1 aliphatic heterocycles. The van der Waals surface area contributed by atoms with Gasteiger partial charge in [0.2, 0.25) is 11.6 Å². The Balaban J connectivity index is 1.54. The average molecular weight is 365 g/mol. The van der Waals surface area contributed by atoms with Crippen LogP contribution in [0.3, 0.4) is 0 Å². The molecule has 2 aliphatic carbocycles. The van der Waals surface area contributed by atoms with Crippen LogP contribution in [0, 0.1) is 0 Å². The molecule has 3 aliphatic rings. The van der Waals surface area contributed by atoms with Crippen molar-refractivity contribution >= 4 is 11.6 Å². The molecule has 27 heavy (non-hydrogen) atoms. The number of nitrogens with zero attached hydrogens (tertiary/aromatic N) is 3. The van der Waals surface area contributed by atoms with Crippen molar-refractivity contribution in [3.63, 3.8) is 0 Å². The molecule has 5 rings (SSSR count). The van der Waals surface area contributed by atoms with E-state index in [4.69, 9.17) is 9.72 Å². The smallest absolute Gasteiger partial charge is 0.214 e. The lowest BCUT2D eigenvalue weighted by Crippen LogP contribution is -2.38. The molecule has 1 saturated heterocycles. The Morgan fingerprint density at radius 2 is 1.70 bits per heavy atom. The van der Waals surface area contributed by atoms with Gasteiger partial charge >= 0.3 is 0 Å². The summed E-state index contributed by atoms with van der Waals surface area (Å²) in [7, 11) is 0. The monoisotopic (exact) mass is 365 g/mol. The number of carbonyl (C=O) groups is 2. The van der Waals surface area contributed by atoms with Gasteiger partial charge in [0.25, 0.3) is 0 Å². The molecule has 0 N–H and O–H groups in total. The lowest BCUT2D eigenvalue weighted by Gasteiger charge is -2.29.